The number of rotatable bonds is 7. The summed E-state index contributed by atoms with van der Waals surface area (Å²) in [5.74, 6) is 1.04. The summed E-state index contributed by atoms with van der Waals surface area (Å²) in [7, 11) is 1.34. The Kier molecular flexibility index (Phi) is 5.22. The molecule has 1 unspecified atom stereocenters. The van der Waals surface area contributed by atoms with Crippen molar-refractivity contribution in [1.82, 2.24) is 19.7 Å². The number of methoxy groups -OCH3 is 1. The normalized spacial score (nSPS) is 15.1. The second-order valence-electron chi connectivity index (χ2n) is 6.60. The first-order chi connectivity index (χ1) is 12.4. The zero-order chi connectivity index (χ0) is 19.0. The number of aromatic amines is 1. The van der Waals surface area contributed by atoms with E-state index in [1.807, 2.05) is 6.92 Å². The van der Waals surface area contributed by atoms with Crippen LogP contribution in [0.15, 0.2) is 5.16 Å². The maximum Gasteiger partial charge on any atom is 0.339 e. The average molecular weight is 376 g/mol. The van der Waals surface area contributed by atoms with Crippen molar-refractivity contribution < 1.29 is 14.3 Å². The first kappa shape index (κ1) is 18.7. The van der Waals surface area contributed by atoms with E-state index in [4.69, 9.17) is 4.74 Å². The lowest BCUT2D eigenvalue weighted by Crippen LogP contribution is -2.16. The molecule has 26 heavy (non-hydrogen) atoms. The van der Waals surface area contributed by atoms with Crippen LogP contribution in [0.1, 0.15) is 70.5 Å². The van der Waals surface area contributed by atoms with Crippen LogP contribution in [0.2, 0.25) is 0 Å². The van der Waals surface area contributed by atoms with Gasteiger partial charge < -0.3 is 14.3 Å². The van der Waals surface area contributed by atoms with Gasteiger partial charge in [0.25, 0.3) is 0 Å². The Labute approximate surface area is 156 Å². The van der Waals surface area contributed by atoms with Gasteiger partial charge in [-0.25, -0.2) is 4.79 Å². The third-order valence-electron chi connectivity index (χ3n) is 4.73. The minimum Gasteiger partial charge on any atom is -0.465 e. The number of H-pyrrole nitrogens is 1. The molecule has 8 heteroatoms. The van der Waals surface area contributed by atoms with Gasteiger partial charge in [-0.3, -0.25) is 4.79 Å². The van der Waals surface area contributed by atoms with E-state index in [0.29, 0.717) is 28.4 Å². The van der Waals surface area contributed by atoms with Crippen LogP contribution < -0.4 is 0 Å². The molecule has 0 radical (unpaired) electrons. The Balaban J connectivity index is 1.82. The fourth-order valence-corrected chi connectivity index (χ4v) is 4.13. The minimum atomic E-state index is -0.435. The summed E-state index contributed by atoms with van der Waals surface area (Å²) in [5, 5.41) is 9.03. The van der Waals surface area contributed by atoms with Gasteiger partial charge in [0.1, 0.15) is 5.82 Å². The Hall–Kier alpha value is -2.09. The number of hydrogen-bond donors (Lipinski definition) is 1. The van der Waals surface area contributed by atoms with E-state index in [-0.39, 0.29) is 11.0 Å². The molecule has 2 aromatic rings. The van der Waals surface area contributed by atoms with Crippen LogP contribution in [-0.4, -0.2) is 43.9 Å². The molecule has 0 amide bonds. The summed E-state index contributed by atoms with van der Waals surface area (Å²) < 4.78 is 6.91. The number of aryl methyl sites for hydroxylation is 1. The van der Waals surface area contributed by atoms with Crippen LogP contribution in [0, 0.1) is 13.8 Å². The SMILES string of the molecule is CCn1c(SC(C)C(=O)c2[nH]c(C)c(C(=O)OC)c2C)nnc1C1CC1. The Morgan fingerprint density at radius 2 is 2.04 bits per heavy atom. The van der Waals surface area contributed by atoms with Crippen molar-refractivity contribution in [2.24, 2.45) is 0 Å². The van der Waals surface area contributed by atoms with Crippen LogP contribution in [0.4, 0.5) is 0 Å². The molecule has 0 spiro atoms. The lowest BCUT2D eigenvalue weighted by molar-refractivity contribution is 0.0599. The number of esters is 1. The maximum atomic E-state index is 12.9. The molecule has 140 valence electrons. The van der Waals surface area contributed by atoms with Crippen LogP contribution in [0.25, 0.3) is 0 Å². The largest absolute Gasteiger partial charge is 0.465 e. The van der Waals surface area contributed by atoms with Gasteiger partial charge in [-0.1, -0.05) is 11.8 Å². The van der Waals surface area contributed by atoms with Crippen LogP contribution in [-0.2, 0) is 11.3 Å². The zero-order valence-corrected chi connectivity index (χ0v) is 16.6. The number of carbonyl (C=O) groups excluding carboxylic acids is 2. The fourth-order valence-electron chi connectivity index (χ4n) is 3.15. The number of ketones is 1. The lowest BCUT2D eigenvalue weighted by atomic mass is 10.1. The molecule has 2 heterocycles. The summed E-state index contributed by atoms with van der Waals surface area (Å²) in [5.41, 5.74) is 2.15. The number of Topliss-reactive ketones (excluding diaryl/α,β-unsaturated/α-hetero) is 1. The van der Waals surface area contributed by atoms with E-state index in [1.165, 1.54) is 18.9 Å². The molecule has 1 atom stereocenters. The highest BCUT2D eigenvalue weighted by Crippen LogP contribution is 2.40. The number of nitrogens with one attached hydrogen (secondary N) is 1. The summed E-state index contributed by atoms with van der Waals surface area (Å²) >= 11 is 1.41. The average Bonchev–Trinajstić information content (AvgIpc) is 3.32. The van der Waals surface area contributed by atoms with Crippen molar-refractivity contribution >= 4 is 23.5 Å². The third-order valence-corrected chi connectivity index (χ3v) is 5.81. The van der Waals surface area contributed by atoms with Crippen LogP contribution >= 0.6 is 11.8 Å². The maximum absolute atomic E-state index is 12.9. The van der Waals surface area contributed by atoms with E-state index in [1.54, 1.807) is 13.8 Å². The second-order valence-corrected chi connectivity index (χ2v) is 7.91. The van der Waals surface area contributed by atoms with Crippen LogP contribution in [0.3, 0.4) is 0 Å². The number of aromatic nitrogens is 4. The van der Waals surface area contributed by atoms with Gasteiger partial charge in [0, 0.05) is 18.2 Å². The highest BCUT2D eigenvalue weighted by molar-refractivity contribution is 8.00. The first-order valence-corrected chi connectivity index (χ1v) is 9.68. The van der Waals surface area contributed by atoms with Crippen molar-refractivity contribution in [3.05, 3.63) is 28.3 Å². The summed E-state index contributed by atoms with van der Waals surface area (Å²) in [6.45, 7) is 8.23. The zero-order valence-electron chi connectivity index (χ0n) is 15.8. The molecule has 1 aliphatic carbocycles. The number of nitrogens with zero attached hydrogens (tertiary/aromatic N) is 3. The van der Waals surface area contributed by atoms with Gasteiger partial charge in [0.15, 0.2) is 10.9 Å². The third kappa shape index (κ3) is 3.30. The summed E-state index contributed by atoms with van der Waals surface area (Å²) in [6.07, 6.45) is 2.32. The summed E-state index contributed by atoms with van der Waals surface area (Å²) in [4.78, 5) is 27.9. The van der Waals surface area contributed by atoms with E-state index in [0.717, 1.165) is 30.4 Å². The molecule has 1 aliphatic rings. The smallest absolute Gasteiger partial charge is 0.339 e. The monoisotopic (exact) mass is 376 g/mol. The molecule has 0 aliphatic heterocycles. The quantitative estimate of drug-likeness (QED) is 0.453. The van der Waals surface area contributed by atoms with Crippen molar-refractivity contribution in [1.29, 1.82) is 0 Å². The molecule has 7 nitrogen and oxygen atoms in total. The molecule has 2 aromatic heterocycles. The van der Waals surface area contributed by atoms with Gasteiger partial charge in [-0.15, -0.1) is 10.2 Å². The summed E-state index contributed by atoms with van der Waals surface area (Å²) in [6, 6.07) is 0. The lowest BCUT2D eigenvalue weighted by Gasteiger charge is -2.11. The minimum absolute atomic E-state index is 0.0654. The second kappa shape index (κ2) is 7.26. The molecule has 3 rings (SSSR count). The van der Waals surface area contributed by atoms with Gasteiger partial charge in [0.05, 0.1) is 23.6 Å². The highest BCUT2D eigenvalue weighted by atomic mass is 32.2. The molecule has 1 saturated carbocycles. The first-order valence-electron chi connectivity index (χ1n) is 8.80. The Morgan fingerprint density at radius 3 is 2.62 bits per heavy atom. The molecular formula is C18H24N4O3S. The fraction of sp³-hybridized carbons (Fsp3) is 0.556. The molecular weight excluding hydrogens is 352 g/mol. The molecule has 0 aromatic carbocycles. The predicted molar refractivity (Wildman–Crippen MR) is 98.9 cm³/mol. The molecule has 0 saturated heterocycles. The van der Waals surface area contributed by atoms with Gasteiger partial charge >= 0.3 is 5.97 Å². The van der Waals surface area contributed by atoms with Crippen molar-refractivity contribution in [3.8, 4) is 0 Å². The number of ether oxygens (including phenoxy) is 1. The molecule has 0 bridgehead atoms. The van der Waals surface area contributed by atoms with Gasteiger partial charge in [-0.05, 0) is 46.1 Å². The van der Waals surface area contributed by atoms with Crippen LogP contribution in [0.5, 0.6) is 0 Å². The van der Waals surface area contributed by atoms with Crippen molar-refractivity contribution in [2.45, 2.75) is 63.4 Å². The Bertz CT molecular complexity index is 851. The number of carbonyl (C=O) groups is 2. The van der Waals surface area contributed by atoms with Crippen molar-refractivity contribution in [3.63, 3.8) is 0 Å². The molecule has 1 fully saturated rings. The molecule has 1 N–H and O–H groups in total. The van der Waals surface area contributed by atoms with E-state index in [2.05, 4.69) is 26.7 Å². The highest BCUT2D eigenvalue weighted by Gasteiger charge is 2.31. The van der Waals surface area contributed by atoms with Gasteiger partial charge in [-0.2, -0.15) is 0 Å². The van der Waals surface area contributed by atoms with Crippen molar-refractivity contribution in [2.75, 3.05) is 7.11 Å². The standard InChI is InChI=1S/C18H24N4O3S/c1-6-22-16(12-7-8-12)20-21-18(22)26-11(4)15(23)14-9(2)13(10(3)19-14)17(24)25-5/h11-12,19H,6-8H2,1-5H3. The van der Waals surface area contributed by atoms with E-state index < -0.39 is 5.97 Å². The number of thioether (sulfide) groups is 1. The van der Waals surface area contributed by atoms with E-state index >= 15 is 0 Å². The number of hydrogen-bond acceptors (Lipinski definition) is 6. The van der Waals surface area contributed by atoms with Gasteiger partial charge in [0.2, 0.25) is 0 Å². The predicted octanol–water partition coefficient (Wildman–Crippen LogP) is 3.27. The topological polar surface area (TPSA) is 89.9 Å². The Morgan fingerprint density at radius 1 is 1.35 bits per heavy atom. The van der Waals surface area contributed by atoms with E-state index in [9.17, 15) is 9.59 Å².